The fourth-order valence-corrected chi connectivity index (χ4v) is 3.91. The van der Waals surface area contributed by atoms with Gasteiger partial charge in [0.2, 0.25) is 0 Å². The third-order valence-corrected chi connectivity index (χ3v) is 5.27. The quantitative estimate of drug-likeness (QED) is 0.338. The van der Waals surface area contributed by atoms with E-state index in [1.807, 2.05) is 0 Å². The molecule has 29 heavy (non-hydrogen) atoms. The minimum Gasteiger partial charge on any atom is -0.354 e. The van der Waals surface area contributed by atoms with E-state index in [9.17, 15) is 0 Å². The minimum atomic E-state index is 1.11. The van der Waals surface area contributed by atoms with Crippen LogP contribution in [0.2, 0.25) is 0 Å². The van der Waals surface area contributed by atoms with Gasteiger partial charge in [-0.3, -0.25) is 0 Å². The van der Waals surface area contributed by atoms with Gasteiger partial charge >= 0.3 is 0 Å². The average molecular weight is 371 g/mol. The highest BCUT2D eigenvalue weighted by molar-refractivity contribution is 5.99. The smallest absolute Gasteiger partial charge is 0.0470 e. The number of hydrogen-bond acceptors (Lipinski definition) is 1. The highest BCUT2D eigenvalue weighted by atomic mass is 14.9. The van der Waals surface area contributed by atoms with Crippen molar-refractivity contribution in [3.63, 3.8) is 0 Å². The second-order valence-corrected chi connectivity index (χ2v) is 7.11. The van der Waals surface area contributed by atoms with Crippen molar-refractivity contribution < 1.29 is 0 Å². The molecule has 5 rings (SSSR count). The molecule has 0 unspecified atom stereocenters. The molecule has 0 saturated carbocycles. The van der Waals surface area contributed by atoms with E-state index in [2.05, 4.69) is 127 Å². The standard InChI is InChI=1S/C28H21N/c1-3-11-22(12-4-1)25-18-10-20-27(28(25)23-14-5-2-6-15-23)29-26-19-9-16-21-13-7-8-17-24(21)26/h1-20,29H. The Kier molecular flexibility index (Phi) is 4.56. The summed E-state index contributed by atoms with van der Waals surface area (Å²) < 4.78 is 0. The Labute approximate surface area is 171 Å². The molecule has 0 radical (unpaired) electrons. The monoisotopic (exact) mass is 371 g/mol. The van der Waals surface area contributed by atoms with E-state index in [1.54, 1.807) is 0 Å². The molecule has 1 N–H and O–H groups in total. The largest absolute Gasteiger partial charge is 0.354 e. The Hall–Kier alpha value is -3.84. The second-order valence-electron chi connectivity index (χ2n) is 7.11. The minimum absolute atomic E-state index is 1.11. The van der Waals surface area contributed by atoms with Crippen LogP contribution in [0.5, 0.6) is 0 Å². The van der Waals surface area contributed by atoms with Gasteiger partial charge < -0.3 is 5.32 Å². The summed E-state index contributed by atoms with van der Waals surface area (Å²) in [5, 5.41) is 6.18. The fraction of sp³-hybridized carbons (Fsp3) is 0. The average Bonchev–Trinajstić information content (AvgIpc) is 2.80. The molecule has 0 aliphatic heterocycles. The van der Waals surface area contributed by atoms with Crippen LogP contribution in [0.4, 0.5) is 11.4 Å². The molecule has 0 spiro atoms. The maximum absolute atomic E-state index is 3.72. The van der Waals surface area contributed by atoms with Crippen molar-refractivity contribution in [3.05, 3.63) is 121 Å². The first-order valence-corrected chi connectivity index (χ1v) is 9.89. The van der Waals surface area contributed by atoms with Crippen LogP contribution < -0.4 is 5.32 Å². The van der Waals surface area contributed by atoms with Gasteiger partial charge in [-0.25, -0.2) is 0 Å². The lowest BCUT2D eigenvalue weighted by atomic mass is 9.93. The molecule has 0 bridgehead atoms. The predicted octanol–water partition coefficient (Wildman–Crippen LogP) is 7.92. The Balaban J connectivity index is 1.71. The molecular formula is C28H21N. The number of nitrogens with one attached hydrogen (secondary N) is 1. The lowest BCUT2D eigenvalue weighted by Crippen LogP contribution is -1.96. The van der Waals surface area contributed by atoms with Gasteiger partial charge in [-0.1, -0.05) is 109 Å². The van der Waals surface area contributed by atoms with Gasteiger partial charge in [-0.15, -0.1) is 0 Å². The lowest BCUT2D eigenvalue weighted by molar-refractivity contribution is 1.53. The van der Waals surface area contributed by atoms with Crippen molar-refractivity contribution in [1.82, 2.24) is 0 Å². The van der Waals surface area contributed by atoms with Crippen molar-refractivity contribution in [1.29, 1.82) is 0 Å². The first-order chi connectivity index (χ1) is 14.4. The van der Waals surface area contributed by atoms with E-state index in [0.717, 1.165) is 11.4 Å². The molecule has 0 saturated heterocycles. The van der Waals surface area contributed by atoms with Crippen molar-refractivity contribution in [2.24, 2.45) is 0 Å². The molecule has 0 atom stereocenters. The summed E-state index contributed by atoms with van der Waals surface area (Å²) in [5.74, 6) is 0. The van der Waals surface area contributed by atoms with Crippen LogP contribution in [-0.4, -0.2) is 0 Å². The van der Waals surface area contributed by atoms with Crippen molar-refractivity contribution >= 4 is 22.1 Å². The normalized spacial score (nSPS) is 10.8. The third-order valence-electron chi connectivity index (χ3n) is 5.27. The van der Waals surface area contributed by atoms with Crippen LogP contribution >= 0.6 is 0 Å². The molecule has 0 fully saturated rings. The molecule has 0 heterocycles. The summed E-state index contributed by atoms with van der Waals surface area (Å²) in [4.78, 5) is 0. The van der Waals surface area contributed by atoms with Crippen molar-refractivity contribution in [2.75, 3.05) is 5.32 Å². The maximum Gasteiger partial charge on any atom is 0.0470 e. The van der Waals surface area contributed by atoms with Crippen molar-refractivity contribution in [2.45, 2.75) is 0 Å². The molecule has 1 nitrogen and oxygen atoms in total. The highest BCUT2D eigenvalue weighted by Crippen LogP contribution is 2.39. The highest BCUT2D eigenvalue weighted by Gasteiger charge is 2.13. The summed E-state index contributed by atoms with van der Waals surface area (Å²) in [6.07, 6.45) is 0. The lowest BCUT2D eigenvalue weighted by Gasteiger charge is -2.18. The Bertz CT molecular complexity index is 1250. The Morgan fingerprint density at radius 3 is 1.79 bits per heavy atom. The fourth-order valence-electron chi connectivity index (χ4n) is 3.91. The van der Waals surface area contributed by atoms with Gasteiger partial charge in [0, 0.05) is 22.3 Å². The molecule has 0 amide bonds. The van der Waals surface area contributed by atoms with Gasteiger partial charge in [0.05, 0.1) is 0 Å². The van der Waals surface area contributed by atoms with E-state index in [1.165, 1.54) is 33.0 Å². The zero-order valence-corrected chi connectivity index (χ0v) is 16.0. The van der Waals surface area contributed by atoms with Gasteiger partial charge in [-0.2, -0.15) is 0 Å². The SMILES string of the molecule is c1ccc(-c2cccc(Nc3cccc4ccccc34)c2-c2ccccc2)cc1. The van der Waals surface area contributed by atoms with E-state index in [-0.39, 0.29) is 0 Å². The number of hydrogen-bond donors (Lipinski definition) is 1. The first kappa shape index (κ1) is 17.3. The second kappa shape index (κ2) is 7.65. The van der Waals surface area contributed by atoms with Crippen LogP contribution in [0.3, 0.4) is 0 Å². The molecule has 0 aliphatic carbocycles. The number of fused-ring (bicyclic) bond motifs is 1. The van der Waals surface area contributed by atoms with Crippen LogP contribution in [0.25, 0.3) is 33.0 Å². The Morgan fingerprint density at radius 2 is 1.00 bits per heavy atom. The molecule has 5 aromatic carbocycles. The summed E-state index contributed by atoms with van der Waals surface area (Å²) in [6, 6.07) is 42.6. The molecular weight excluding hydrogens is 350 g/mol. The van der Waals surface area contributed by atoms with Crippen LogP contribution in [-0.2, 0) is 0 Å². The van der Waals surface area contributed by atoms with E-state index in [4.69, 9.17) is 0 Å². The first-order valence-electron chi connectivity index (χ1n) is 9.89. The number of rotatable bonds is 4. The van der Waals surface area contributed by atoms with Crippen LogP contribution in [0.1, 0.15) is 0 Å². The van der Waals surface area contributed by atoms with E-state index in [0.29, 0.717) is 0 Å². The van der Waals surface area contributed by atoms with Gasteiger partial charge in [0.1, 0.15) is 0 Å². The molecule has 138 valence electrons. The van der Waals surface area contributed by atoms with Gasteiger partial charge in [0.25, 0.3) is 0 Å². The molecule has 5 aromatic rings. The van der Waals surface area contributed by atoms with Gasteiger partial charge in [-0.05, 0) is 34.2 Å². The van der Waals surface area contributed by atoms with Gasteiger partial charge in [0.15, 0.2) is 0 Å². The summed E-state index contributed by atoms with van der Waals surface area (Å²) in [5.41, 5.74) is 7.08. The summed E-state index contributed by atoms with van der Waals surface area (Å²) in [6.45, 7) is 0. The van der Waals surface area contributed by atoms with E-state index >= 15 is 0 Å². The van der Waals surface area contributed by atoms with E-state index < -0.39 is 0 Å². The number of anilines is 2. The Morgan fingerprint density at radius 1 is 0.414 bits per heavy atom. The number of benzene rings is 5. The predicted molar refractivity (Wildman–Crippen MR) is 125 cm³/mol. The topological polar surface area (TPSA) is 12.0 Å². The van der Waals surface area contributed by atoms with Crippen LogP contribution in [0, 0.1) is 0 Å². The van der Waals surface area contributed by atoms with Crippen LogP contribution in [0.15, 0.2) is 121 Å². The third kappa shape index (κ3) is 3.39. The summed E-state index contributed by atoms with van der Waals surface area (Å²) >= 11 is 0. The zero-order chi connectivity index (χ0) is 19.5. The molecule has 0 aromatic heterocycles. The molecule has 0 aliphatic rings. The maximum atomic E-state index is 3.72. The zero-order valence-electron chi connectivity index (χ0n) is 16.0. The summed E-state index contributed by atoms with van der Waals surface area (Å²) in [7, 11) is 0. The van der Waals surface area contributed by atoms with Crippen molar-refractivity contribution in [3.8, 4) is 22.3 Å². The molecule has 1 heteroatoms.